The van der Waals surface area contributed by atoms with Crippen LogP contribution in [0.4, 0.5) is 5.69 Å². The number of nitrogen functional groups attached to an aromatic ring is 1. The predicted octanol–water partition coefficient (Wildman–Crippen LogP) is 3.33. The first kappa shape index (κ1) is 9.97. The zero-order valence-corrected chi connectivity index (χ0v) is 9.20. The molecule has 1 heterocycles. The number of benzene rings is 1. The van der Waals surface area contributed by atoms with Gasteiger partial charge in [-0.1, -0.05) is 19.9 Å². The molecule has 1 atom stereocenters. The Morgan fingerprint density at radius 3 is 2.87 bits per heavy atom. The Labute approximate surface area is 90.1 Å². The minimum absolute atomic E-state index is 0.593. The molecule has 0 radical (unpaired) electrons. The zero-order valence-electron chi connectivity index (χ0n) is 9.20. The van der Waals surface area contributed by atoms with Gasteiger partial charge in [-0.05, 0) is 36.1 Å². The lowest BCUT2D eigenvalue weighted by Gasteiger charge is -2.09. The van der Waals surface area contributed by atoms with Gasteiger partial charge in [0.05, 0.1) is 17.4 Å². The van der Waals surface area contributed by atoms with E-state index in [2.05, 4.69) is 37.0 Å². The average molecular weight is 200 g/mol. The van der Waals surface area contributed by atoms with Gasteiger partial charge >= 0.3 is 0 Å². The molecule has 0 bridgehead atoms. The van der Waals surface area contributed by atoms with Gasteiger partial charge in [-0.15, -0.1) is 0 Å². The number of hydrogen-bond donors (Lipinski definition) is 1. The normalized spacial score (nSPS) is 12.9. The van der Waals surface area contributed by atoms with E-state index in [1.807, 2.05) is 6.07 Å². The molecule has 2 nitrogen and oxygen atoms in total. The summed E-state index contributed by atoms with van der Waals surface area (Å²) in [5.41, 5.74) is 8.81. The monoisotopic (exact) mass is 200 g/mol. The number of hydrogen-bond acceptors (Lipinski definition) is 2. The number of nitrogens with two attached hydrogens (primary N) is 1. The standard InChI is InChI=1S/C13H16N2/c1-3-9(2)10-4-5-13-11(6-10)7-12(14)8-15-13/h4-9H,3,14H2,1-2H3/t9-/m1/s1. The highest BCUT2D eigenvalue weighted by atomic mass is 14.7. The van der Waals surface area contributed by atoms with E-state index in [9.17, 15) is 0 Å². The van der Waals surface area contributed by atoms with Crippen molar-refractivity contribution < 1.29 is 0 Å². The summed E-state index contributed by atoms with van der Waals surface area (Å²) in [6.45, 7) is 4.44. The number of nitrogens with zero attached hydrogens (tertiary/aromatic N) is 1. The largest absolute Gasteiger partial charge is 0.397 e. The summed E-state index contributed by atoms with van der Waals surface area (Å²) in [5.74, 6) is 0.593. The summed E-state index contributed by atoms with van der Waals surface area (Å²) in [5, 5.41) is 1.13. The van der Waals surface area contributed by atoms with Crippen LogP contribution < -0.4 is 5.73 Å². The minimum Gasteiger partial charge on any atom is -0.397 e. The molecular formula is C13H16N2. The van der Waals surface area contributed by atoms with Gasteiger partial charge in [-0.25, -0.2) is 0 Å². The maximum Gasteiger partial charge on any atom is 0.0703 e. The third-order valence-corrected chi connectivity index (χ3v) is 2.91. The third kappa shape index (κ3) is 1.94. The van der Waals surface area contributed by atoms with E-state index < -0.39 is 0 Å². The van der Waals surface area contributed by atoms with E-state index in [1.54, 1.807) is 6.20 Å². The van der Waals surface area contributed by atoms with Crippen LogP contribution in [0.15, 0.2) is 30.5 Å². The molecule has 1 aromatic carbocycles. The van der Waals surface area contributed by atoms with Crippen molar-refractivity contribution in [2.45, 2.75) is 26.2 Å². The molecule has 0 unspecified atom stereocenters. The fourth-order valence-corrected chi connectivity index (χ4v) is 1.71. The first-order valence-corrected chi connectivity index (χ1v) is 5.36. The maximum absolute atomic E-state index is 5.72. The van der Waals surface area contributed by atoms with Crippen molar-refractivity contribution in [2.24, 2.45) is 0 Å². The Hall–Kier alpha value is -1.57. The molecule has 0 aliphatic carbocycles. The lowest BCUT2D eigenvalue weighted by atomic mass is 9.97. The second kappa shape index (κ2) is 3.89. The molecule has 15 heavy (non-hydrogen) atoms. The Morgan fingerprint density at radius 2 is 2.13 bits per heavy atom. The molecule has 0 amide bonds. The van der Waals surface area contributed by atoms with E-state index in [0.717, 1.165) is 23.0 Å². The van der Waals surface area contributed by atoms with Gasteiger partial charge in [0.1, 0.15) is 0 Å². The quantitative estimate of drug-likeness (QED) is 0.807. The molecule has 0 aliphatic heterocycles. The van der Waals surface area contributed by atoms with Crippen molar-refractivity contribution in [3.8, 4) is 0 Å². The molecule has 2 N–H and O–H groups in total. The Balaban J connectivity index is 2.54. The molecule has 0 saturated carbocycles. The number of rotatable bonds is 2. The molecule has 1 aromatic heterocycles. The first-order chi connectivity index (χ1) is 7.20. The Morgan fingerprint density at radius 1 is 1.33 bits per heavy atom. The first-order valence-electron chi connectivity index (χ1n) is 5.36. The molecule has 0 saturated heterocycles. The van der Waals surface area contributed by atoms with Gasteiger partial charge in [-0.2, -0.15) is 0 Å². The summed E-state index contributed by atoms with van der Waals surface area (Å²) in [6, 6.07) is 8.39. The average Bonchev–Trinajstić information content (AvgIpc) is 2.27. The highest BCUT2D eigenvalue weighted by molar-refractivity contribution is 5.81. The van der Waals surface area contributed by atoms with Gasteiger partial charge in [0.15, 0.2) is 0 Å². The topological polar surface area (TPSA) is 38.9 Å². The van der Waals surface area contributed by atoms with E-state index >= 15 is 0 Å². The minimum atomic E-state index is 0.593. The molecule has 0 spiro atoms. The molecule has 2 rings (SSSR count). The number of anilines is 1. The second-order valence-electron chi connectivity index (χ2n) is 4.03. The molecule has 2 aromatic rings. The molecule has 0 aliphatic rings. The van der Waals surface area contributed by atoms with Crippen molar-refractivity contribution in [2.75, 3.05) is 5.73 Å². The summed E-state index contributed by atoms with van der Waals surface area (Å²) >= 11 is 0. The summed E-state index contributed by atoms with van der Waals surface area (Å²) in [4.78, 5) is 4.28. The predicted molar refractivity (Wildman–Crippen MR) is 64.9 cm³/mol. The SMILES string of the molecule is CC[C@@H](C)c1ccc2ncc(N)cc2c1. The van der Waals surface area contributed by atoms with Gasteiger partial charge < -0.3 is 5.73 Å². The number of fused-ring (bicyclic) bond motifs is 1. The van der Waals surface area contributed by atoms with Gasteiger partial charge in [0, 0.05) is 5.39 Å². The van der Waals surface area contributed by atoms with E-state index in [1.165, 1.54) is 5.56 Å². The van der Waals surface area contributed by atoms with E-state index in [0.29, 0.717) is 5.92 Å². The van der Waals surface area contributed by atoms with E-state index in [-0.39, 0.29) is 0 Å². The van der Waals surface area contributed by atoms with Crippen LogP contribution in [0.5, 0.6) is 0 Å². The molecule has 78 valence electrons. The lowest BCUT2D eigenvalue weighted by molar-refractivity contribution is 0.734. The highest BCUT2D eigenvalue weighted by Gasteiger charge is 2.04. The fraction of sp³-hybridized carbons (Fsp3) is 0.308. The number of pyridine rings is 1. The van der Waals surface area contributed by atoms with Crippen LogP contribution in [-0.4, -0.2) is 4.98 Å². The van der Waals surface area contributed by atoms with Crippen LogP contribution in [0.2, 0.25) is 0 Å². The van der Waals surface area contributed by atoms with Crippen molar-refractivity contribution in [1.82, 2.24) is 4.98 Å². The van der Waals surface area contributed by atoms with Gasteiger partial charge in [0.2, 0.25) is 0 Å². The second-order valence-corrected chi connectivity index (χ2v) is 4.03. The fourth-order valence-electron chi connectivity index (χ4n) is 1.71. The van der Waals surface area contributed by atoms with Crippen molar-refractivity contribution in [3.05, 3.63) is 36.0 Å². The number of aromatic nitrogens is 1. The van der Waals surface area contributed by atoms with Gasteiger partial charge in [-0.3, -0.25) is 4.98 Å². The lowest BCUT2D eigenvalue weighted by Crippen LogP contribution is -1.92. The van der Waals surface area contributed by atoms with E-state index in [4.69, 9.17) is 5.73 Å². The zero-order chi connectivity index (χ0) is 10.8. The van der Waals surface area contributed by atoms with Crippen LogP contribution in [0.25, 0.3) is 10.9 Å². The summed E-state index contributed by atoms with van der Waals surface area (Å²) < 4.78 is 0. The highest BCUT2D eigenvalue weighted by Crippen LogP contribution is 2.23. The van der Waals surface area contributed by atoms with Gasteiger partial charge in [0.25, 0.3) is 0 Å². The molecule has 2 heteroatoms. The van der Waals surface area contributed by atoms with Crippen LogP contribution in [0.3, 0.4) is 0 Å². The van der Waals surface area contributed by atoms with Crippen LogP contribution >= 0.6 is 0 Å². The van der Waals surface area contributed by atoms with Crippen molar-refractivity contribution >= 4 is 16.6 Å². The Kier molecular flexibility index (Phi) is 2.58. The third-order valence-electron chi connectivity index (χ3n) is 2.91. The smallest absolute Gasteiger partial charge is 0.0703 e. The van der Waals surface area contributed by atoms with Crippen LogP contribution in [0, 0.1) is 0 Å². The van der Waals surface area contributed by atoms with Crippen LogP contribution in [0.1, 0.15) is 31.7 Å². The summed E-state index contributed by atoms with van der Waals surface area (Å²) in [7, 11) is 0. The molecule has 0 fully saturated rings. The van der Waals surface area contributed by atoms with Crippen molar-refractivity contribution in [1.29, 1.82) is 0 Å². The Bertz CT molecular complexity index is 477. The molecular weight excluding hydrogens is 184 g/mol. The van der Waals surface area contributed by atoms with Crippen molar-refractivity contribution in [3.63, 3.8) is 0 Å². The summed E-state index contributed by atoms with van der Waals surface area (Å²) in [6.07, 6.45) is 2.85. The maximum atomic E-state index is 5.72. The van der Waals surface area contributed by atoms with Crippen LogP contribution in [-0.2, 0) is 0 Å².